The minimum Gasteiger partial charge on any atom is -0.500 e. The zero-order chi connectivity index (χ0) is 47.4. The van der Waals surface area contributed by atoms with Gasteiger partial charge in [0.15, 0.2) is 0 Å². The Morgan fingerprint density at radius 3 is 2.03 bits per heavy atom. The Balaban J connectivity index is 0.000000259. The van der Waals surface area contributed by atoms with Crippen LogP contribution < -0.4 is 0 Å². The van der Waals surface area contributed by atoms with Crippen LogP contribution in [0.1, 0.15) is 55.4 Å². The zero-order valence-corrected chi connectivity index (χ0v) is 39.3. The number of nitrogens with zero attached hydrogens (tertiary/aromatic N) is 3. The fraction of sp³-hybridized carbons (Fsp3) is 0.286. The van der Waals surface area contributed by atoms with Gasteiger partial charge in [-0.1, -0.05) is 120 Å². The van der Waals surface area contributed by atoms with Gasteiger partial charge < -0.3 is 14.4 Å². The number of aryl methyl sites for hydroxylation is 1. The van der Waals surface area contributed by atoms with Crippen molar-refractivity contribution in [2.75, 3.05) is 0 Å². The Bertz CT molecular complexity index is 2890. The molecule has 0 aliphatic rings. The van der Waals surface area contributed by atoms with Crippen molar-refractivity contribution < 1.29 is 48.9 Å². The molecule has 0 aliphatic heterocycles. The Kier molecular flexibility index (Phi) is 11.4. The van der Waals surface area contributed by atoms with Gasteiger partial charge in [-0.2, -0.15) is 5.26 Å². The summed E-state index contributed by atoms with van der Waals surface area (Å²) in [5, 5.41) is 11.5. The second-order valence-electron chi connectivity index (χ2n) is 17.6. The largest absolute Gasteiger partial charge is 0.500 e. The van der Waals surface area contributed by atoms with E-state index in [4.69, 9.17) is 11.3 Å². The predicted octanol–water partition coefficient (Wildman–Crippen LogP) is 14.2. The molecule has 0 bridgehead atoms. The molecule has 4 nitrogen and oxygen atoms in total. The monoisotopic (exact) mass is 1030 g/mol. The summed E-state index contributed by atoms with van der Waals surface area (Å²) >= 11 is 0. The molecule has 313 valence electrons. The van der Waals surface area contributed by atoms with Crippen molar-refractivity contribution in [2.45, 2.75) is 89.8 Å². The van der Waals surface area contributed by atoms with Gasteiger partial charge in [-0.05, 0) is 52.0 Å². The Labute approximate surface area is 373 Å². The van der Waals surface area contributed by atoms with Gasteiger partial charge in [0.2, 0.25) is 5.55 Å². The van der Waals surface area contributed by atoms with Crippen molar-refractivity contribution in [3.63, 3.8) is 0 Å². The minimum absolute atomic E-state index is 0. The molecule has 7 aromatic rings. The number of hydrogen-bond acceptors (Lipinski definition) is 4. The molecule has 11 heteroatoms. The van der Waals surface area contributed by atoms with Gasteiger partial charge in [-0.3, -0.25) is 0 Å². The smallest absolute Gasteiger partial charge is 0.252 e. The van der Waals surface area contributed by atoms with Gasteiger partial charge in [0.1, 0.15) is 21.7 Å². The second kappa shape index (κ2) is 17.3. The summed E-state index contributed by atoms with van der Waals surface area (Å²) in [6.07, 6.45) is -0.596. The topological polar surface area (TPSA) is 62.7 Å². The van der Waals surface area contributed by atoms with Crippen LogP contribution in [0.15, 0.2) is 108 Å². The molecule has 0 aliphatic carbocycles. The molecule has 0 saturated heterocycles. The number of benzene rings is 4. The first-order chi connectivity index (χ1) is 29.5. The molecule has 3 aromatic heterocycles. The summed E-state index contributed by atoms with van der Waals surface area (Å²) in [4.78, 5) is 8.69. The van der Waals surface area contributed by atoms with Gasteiger partial charge in [0.05, 0.1) is 17.2 Å². The number of nitriles is 1. The van der Waals surface area contributed by atoms with Crippen LogP contribution in [0.2, 0.25) is 39.3 Å². The average molecular weight is 1030 g/mol. The van der Waals surface area contributed by atoms with E-state index in [0.717, 1.165) is 28.6 Å². The molecule has 0 atom stereocenters. The Morgan fingerprint density at radius 1 is 0.767 bits per heavy atom. The van der Waals surface area contributed by atoms with E-state index in [-0.39, 0.29) is 31.4 Å². The first-order valence-electron chi connectivity index (χ1n) is 21.6. The van der Waals surface area contributed by atoms with Crippen molar-refractivity contribution in [2.24, 2.45) is 0 Å². The van der Waals surface area contributed by atoms with E-state index in [2.05, 4.69) is 28.2 Å². The zero-order valence-electron chi connectivity index (χ0n) is 39.9. The van der Waals surface area contributed by atoms with E-state index in [1.165, 1.54) is 25.7 Å². The molecule has 60 heavy (non-hydrogen) atoms. The fourth-order valence-corrected chi connectivity index (χ4v) is 7.97. The van der Waals surface area contributed by atoms with E-state index in [1.807, 2.05) is 63.2 Å². The molecule has 0 amide bonds. The number of fused-ring (bicyclic) bond motifs is 3. The summed E-state index contributed by atoms with van der Waals surface area (Å²) in [5.74, 6) is 0. The van der Waals surface area contributed by atoms with Gasteiger partial charge in [-0.25, -0.2) is 17.6 Å². The molecule has 1 radical (unpaired) electrons. The maximum Gasteiger partial charge on any atom is 0.252 e. The van der Waals surface area contributed by atoms with Crippen molar-refractivity contribution in [3.8, 4) is 39.7 Å². The van der Waals surface area contributed by atoms with Crippen LogP contribution >= 0.6 is 0 Å². The second-order valence-corrected chi connectivity index (χ2v) is 27.8. The third-order valence-corrected chi connectivity index (χ3v) is 14.3. The maximum atomic E-state index is 15.9. The van der Waals surface area contributed by atoms with Crippen molar-refractivity contribution in [1.82, 2.24) is 9.97 Å². The van der Waals surface area contributed by atoms with Crippen LogP contribution in [-0.4, -0.2) is 31.7 Å². The van der Waals surface area contributed by atoms with Crippen LogP contribution in [0, 0.1) is 30.3 Å². The normalized spacial score (nSPS) is 14.1. The standard InChI is InChI=1S/C32H29F2N2OSi.C17H20F2NSi.Ir/c1-31(2,3)26-19-36-27(17-25(26)32(33,34)38(4,5)6)24-14-10-13-22-23-16-15-21(18-35)28(30(23)37-29(22)24)20-11-8-7-9-12-20;1-13-12-20-16(14-8-6-5-7-9-14)10-15(13)11-17(18,19)21(2,3)4;/h7-13,15-17,19H,1-6H3;5-8,10,12H,11H2,1-4H3;/q2*-1;/i;1D3,11D2;. The number of furan rings is 1. The minimum atomic E-state index is -3.68. The van der Waals surface area contributed by atoms with Gasteiger partial charge in [0, 0.05) is 62.2 Å². The number of pyridine rings is 2. The molecule has 0 fully saturated rings. The first kappa shape index (κ1) is 39.4. The third-order valence-electron chi connectivity index (χ3n) is 10.2. The van der Waals surface area contributed by atoms with Crippen LogP contribution in [0.3, 0.4) is 0 Å². The SMILES string of the molecule is CC(C)(C)c1cnc(-c2[c-]ccc3c2oc2c(-c4ccccc4)c(C#N)ccc23)cc1C(F)(F)[Si](C)(C)C.[2H]C([2H])([2H])c1cnc(-c2[c-]cccc2)cc1C([2H])([2H])C(F)(F)[Si](C)(C)C.[Ir]. The van der Waals surface area contributed by atoms with Gasteiger partial charge in [-0.15, -0.1) is 54.1 Å². The van der Waals surface area contributed by atoms with Crippen LogP contribution in [-0.2, 0) is 37.4 Å². The molecule has 0 N–H and O–H groups in total. The molecule has 0 saturated carbocycles. The number of rotatable bonds is 8. The van der Waals surface area contributed by atoms with E-state index in [1.54, 1.807) is 62.2 Å². The van der Waals surface area contributed by atoms with Gasteiger partial charge >= 0.3 is 0 Å². The molecule has 4 aromatic carbocycles. The quantitative estimate of drug-likeness (QED) is 0.0864. The molecule has 0 spiro atoms. The van der Waals surface area contributed by atoms with Crippen LogP contribution in [0.4, 0.5) is 17.6 Å². The van der Waals surface area contributed by atoms with E-state index >= 15 is 8.78 Å². The summed E-state index contributed by atoms with van der Waals surface area (Å²) in [6, 6.07) is 34.6. The molecule has 3 heterocycles. The van der Waals surface area contributed by atoms with Crippen molar-refractivity contribution in [3.05, 3.63) is 143 Å². The fourth-order valence-electron chi connectivity index (χ4n) is 6.45. The summed E-state index contributed by atoms with van der Waals surface area (Å²) in [5.41, 5.74) is -2.92. The predicted molar refractivity (Wildman–Crippen MR) is 237 cm³/mol. The summed E-state index contributed by atoms with van der Waals surface area (Å²) in [7, 11) is -6.22. The van der Waals surface area contributed by atoms with Crippen molar-refractivity contribution in [1.29, 1.82) is 5.26 Å². The van der Waals surface area contributed by atoms with E-state index < -0.39 is 57.0 Å². The van der Waals surface area contributed by atoms with E-state index in [0.29, 0.717) is 44.7 Å². The number of alkyl halides is 4. The maximum absolute atomic E-state index is 15.9. The number of hydrogen-bond donors (Lipinski definition) is 0. The Morgan fingerprint density at radius 2 is 1.43 bits per heavy atom. The summed E-state index contributed by atoms with van der Waals surface area (Å²) < 4.78 is 107. The molecule has 7 rings (SSSR count). The Hall–Kier alpha value is -4.73. The molecule has 0 unspecified atom stereocenters. The van der Waals surface area contributed by atoms with Crippen molar-refractivity contribution >= 4 is 38.1 Å². The average Bonchev–Trinajstić information content (AvgIpc) is 3.61. The van der Waals surface area contributed by atoms with Crippen LogP contribution in [0.5, 0.6) is 0 Å². The molecular formula is C49H49F4IrN3OSi2-2. The molecular weight excluding hydrogens is 971 g/mol. The first-order valence-corrected chi connectivity index (χ1v) is 26.1. The number of aromatic nitrogens is 2. The van der Waals surface area contributed by atoms with E-state index in [9.17, 15) is 14.0 Å². The third kappa shape index (κ3) is 9.28. The van der Waals surface area contributed by atoms with Gasteiger partial charge in [0.25, 0.3) is 5.55 Å². The summed E-state index contributed by atoms with van der Waals surface area (Å²) in [6.45, 7) is 12.1. The number of halogens is 4. The van der Waals surface area contributed by atoms with Crippen LogP contribution in [0.25, 0.3) is 55.6 Å².